The van der Waals surface area contributed by atoms with Crippen molar-refractivity contribution in [2.75, 3.05) is 18.9 Å². The van der Waals surface area contributed by atoms with E-state index in [9.17, 15) is 0 Å². The zero-order chi connectivity index (χ0) is 9.68. The lowest BCUT2D eigenvalue weighted by Crippen LogP contribution is -2.28. The topological polar surface area (TPSA) is 24.1 Å². The van der Waals surface area contributed by atoms with Crippen molar-refractivity contribution in [1.29, 1.82) is 0 Å². The number of rotatable bonds is 4. The molecule has 0 saturated carbocycles. The predicted octanol–water partition coefficient (Wildman–Crippen LogP) is 2.01. The molecule has 0 amide bonds. The summed E-state index contributed by atoms with van der Waals surface area (Å²) in [5.74, 6) is 0. The summed E-state index contributed by atoms with van der Waals surface area (Å²) in [5.41, 5.74) is 2.52. The third-order valence-electron chi connectivity index (χ3n) is 2.06. The zero-order valence-electron chi connectivity index (χ0n) is 8.59. The van der Waals surface area contributed by atoms with E-state index in [2.05, 4.69) is 48.7 Å². The molecule has 0 aromatic heterocycles. The molecule has 0 spiro atoms. The number of hydrogen-bond acceptors (Lipinski definition) is 2. The van der Waals surface area contributed by atoms with Gasteiger partial charge in [0.2, 0.25) is 0 Å². The van der Waals surface area contributed by atoms with Gasteiger partial charge < -0.3 is 10.6 Å². The Morgan fingerprint density at radius 1 is 1.31 bits per heavy atom. The molecule has 1 unspecified atom stereocenters. The maximum absolute atomic E-state index is 3.45. The molecule has 0 radical (unpaired) electrons. The normalized spacial score (nSPS) is 12.5. The van der Waals surface area contributed by atoms with Crippen molar-refractivity contribution >= 4 is 5.69 Å². The molecule has 0 heterocycles. The average molecular weight is 178 g/mol. The van der Waals surface area contributed by atoms with Gasteiger partial charge in [0.15, 0.2) is 0 Å². The Hall–Kier alpha value is -1.02. The molecule has 0 aliphatic rings. The van der Waals surface area contributed by atoms with Gasteiger partial charge in [-0.05, 0) is 32.5 Å². The third-order valence-corrected chi connectivity index (χ3v) is 2.06. The molecule has 0 saturated heterocycles. The molecular weight excluding hydrogens is 160 g/mol. The Labute approximate surface area is 80.4 Å². The fraction of sp³-hybridized carbons (Fsp3) is 0.455. The van der Waals surface area contributed by atoms with E-state index in [1.807, 2.05) is 7.05 Å². The third kappa shape index (κ3) is 3.07. The monoisotopic (exact) mass is 178 g/mol. The van der Waals surface area contributed by atoms with E-state index >= 15 is 0 Å². The van der Waals surface area contributed by atoms with Crippen LogP contribution < -0.4 is 10.6 Å². The van der Waals surface area contributed by atoms with Gasteiger partial charge in [-0.15, -0.1) is 0 Å². The maximum Gasteiger partial charge on any atom is 0.0372 e. The van der Waals surface area contributed by atoms with Crippen molar-refractivity contribution in [3.8, 4) is 0 Å². The summed E-state index contributed by atoms with van der Waals surface area (Å²) in [6.07, 6.45) is 0. The lowest BCUT2D eigenvalue weighted by molar-refractivity contribution is 0.700. The molecular formula is C11H18N2. The molecule has 0 fully saturated rings. The number of hydrogen-bond donors (Lipinski definition) is 2. The van der Waals surface area contributed by atoms with Gasteiger partial charge in [0.1, 0.15) is 0 Å². The highest BCUT2D eigenvalue weighted by atomic mass is 15.0. The van der Waals surface area contributed by atoms with Crippen LogP contribution in [0.2, 0.25) is 0 Å². The Kier molecular flexibility index (Phi) is 3.77. The van der Waals surface area contributed by atoms with Crippen molar-refractivity contribution in [1.82, 2.24) is 5.32 Å². The van der Waals surface area contributed by atoms with Crippen LogP contribution in [0.5, 0.6) is 0 Å². The van der Waals surface area contributed by atoms with Crippen molar-refractivity contribution in [2.45, 2.75) is 19.9 Å². The van der Waals surface area contributed by atoms with Crippen molar-refractivity contribution in [2.24, 2.45) is 0 Å². The first-order chi connectivity index (χ1) is 6.24. The van der Waals surface area contributed by atoms with Crippen LogP contribution in [0.15, 0.2) is 24.3 Å². The van der Waals surface area contributed by atoms with Crippen LogP contribution in [0.4, 0.5) is 5.69 Å². The number of likely N-dealkylation sites (N-methyl/N-ethyl adjacent to an activating group) is 1. The van der Waals surface area contributed by atoms with Crippen molar-refractivity contribution in [3.05, 3.63) is 29.8 Å². The molecule has 2 heteroatoms. The fourth-order valence-corrected chi connectivity index (χ4v) is 1.36. The average Bonchev–Trinajstić information content (AvgIpc) is 2.09. The molecule has 0 bridgehead atoms. The highest BCUT2D eigenvalue weighted by Crippen LogP contribution is 2.13. The molecule has 2 nitrogen and oxygen atoms in total. The van der Waals surface area contributed by atoms with E-state index in [0.717, 1.165) is 6.54 Å². The Morgan fingerprint density at radius 3 is 2.62 bits per heavy atom. The Morgan fingerprint density at radius 2 is 2.00 bits per heavy atom. The second-order valence-corrected chi connectivity index (χ2v) is 3.42. The summed E-state index contributed by atoms with van der Waals surface area (Å²) < 4.78 is 0. The zero-order valence-corrected chi connectivity index (χ0v) is 8.59. The first-order valence-electron chi connectivity index (χ1n) is 4.71. The predicted molar refractivity (Wildman–Crippen MR) is 58.2 cm³/mol. The highest BCUT2D eigenvalue weighted by Gasteiger charge is 2.01. The SMILES string of the molecule is CNCC(C)Nc1ccccc1C. The highest BCUT2D eigenvalue weighted by molar-refractivity contribution is 5.50. The number of aryl methyl sites for hydroxylation is 1. The Balaban J connectivity index is 2.58. The van der Waals surface area contributed by atoms with Gasteiger partial charge in [-0.1, -0.05) is 18.2 Å². The summed E-state index contributed by atoms with van der Waals surface area (Å²) in [6.45, 7) is 5.27. The summed E-state index contributed by atoms with van der Waals surface area (Å²) in [4.78, 5) is 0. The van der Waals surface area contributed by atoms with E-state index in [4.69, 9.17) is 0 Å². The molecule has 72 valence electrons. The van der Waals surface area contributed by atoms with E-state index in [1.54, 1.807) is 0 Å². The molecule has 13 heavy (non-hydrogen) atoms. The smallest absolute Gasteiger partial charge is 0.0372 e. The number of para-hydroxylation sites is 1. The van der Waals surface area contributed by atoms with Crippen molar-refractivity contribution in [3.63, 3.8) is 0 Å². The summed E-state index contributed by atoms with van der Waals surface area (Å²) in [6, 6.07) is 8.81. The summed E-state index contributed by atoms with van der Waals surface area (Å²) in [7, 11) is 1.97. The molecule has 1 rings (SSSR count). The second-order valence-electron chi connectivity index (χ2n) is 3.42. The van der Waals surface area contributed by atoms with Crippen molar-refractivity contribution < 1.29 is 0 Å². The van der Waals surface area contributed by atoms with Gasteiger partial charge in [0, 0.05) is 18.3 Å². The van der Waals surface area contributed by atoms with Gasteiger partial charge in [0.25, 0.3) is 0 Å². The van der Waals surface area contributed by atoms with Gasteiger partial charge in [-0.3, -0.25) is 0 Å². The van der Waals surface area contributed by atoms with Crippen LogP contribution in [0, 0.1) is 6.92 Å². The number of anilines is 1. The van der Waals surface area contributed by atoms with Crippen LogP contribution in [0.25, 0.3) is 0 Å². The van der Waals surface area contributed by atoms with E-state index < -0.39 is 0 Å². The minimum Gasteiger partial charge on any atom is -0.381 e. The van der Waals surface area contributed by atoms with Crippen LogP contribution >= 0.6 is 0 Å². The van der Waals surface area contributed by atoms with E-state index in [0.29, 0.717) is 6.04 Å². The van der Waals surface area contributed by atoms with Gasteiger partial charge in [-0.25, -0.2) is 0 Å². The summed E-state index contributed by atoms with van der Waals surface area (Å²) >= 11 is 0. The molecule has 0 aliphatic carbocycles. The second kappa shape index (κ2) is 4.87. The molecule has 0 aliphatic heterocycles. The fourth-order valence-electron chi connectivity index (χ4n) is 1.36. The number of benzene rings is 1. The Bertz CT molecular complexity index is 258. The number of nitrogens with one attached hydrogen (secondary N) is 2. The molecule has 2 N–H and O–H groups in total. The molecule has 1 atom stereocenters. The van der Waals surface area contributed by atoms with Gasteiger partial charge in [-0.2, -0.15) is 0 Å². The lowest BCUT2D eigenvalue weighted by atomic mass is 10.2. The minimum absolute atomic E-state index is 0.464. The quantitative estimate of drug-likeness (QED) is 0.737. The summed E-state index contributed by atoms with van der Waals surface area (Å²) in [5, 5.41) is 6.59. The van der Waals surface area contributed by atoms with Crippen LogP contribution in [-0.2, 0) is 0 Å². The minimum atomic E-state index is 0.464. The van der Waals surface area contributed by atoms with Gasteiger partial charge in [0.05, 0.1) is 0 Å². The molecule has 1 aromatic carbocycles. The first-order valence-corrected chi connectivity index (χ1v) is 4.71. The van der Waals surface area contributed by atoms with Gasteiger partial charge >= 0.3 is 0 Å². The maximum atomic E-state index is 3.45. The van der Waals surface area contributed by atoms with Crippen LogP contribution in [-0.4, -0.2) is 19.6 Å². The molecule has 1 aromatic rings. The van der Waals surface area contributed by atoms with E-state index in [-0.39, 0.29) is 0 Å². The van der Waals surface area contributed by atoms with E-state index in [1.165, 1.54) is 11.3 Å². The van der Waals surface area contributed by atoms with Crippen LogP contribution in [0.1, 0.15) is 12.5 Å². The lowest BCUT2D eigenvalue weighted by Gasteiger charge is -2.16. The first kappa shape index (κ1) is 10.1. The largest absolute Gasteiger partial charge is 0.381 e. The standard InChI is InChI=1S/C11H18N2/c1-9-6-4-5-7-11(9)13-10(2)8-12-3/h4-7,10,12-13H,8H2,1-3H3. The van der Waals surface area contributed by atoms with Crippen LogP contribution in [0.3, 0.4) is 0 Å².